The molecule has 0 aromatic carbocycles. The van der Waals surface area contributed by atoms with Gasteiger partial charge in [0, 0.05) is 19.3 Å². The zero-order valence-corrected chi connectivity index (χ0v) is 19.9. The van der Waals surface area contributed by atoms with Gasteiger partial charge in [-0.1, -0.05) is 72.6 Å². The van der Waals surface area contributed by atoms with Crippen molar-refractivity contribution >= 4 is 17.9 Å². The van der Waals surface area contributed by atoms with Crippen LogP contribution in [0, 0.1) is 0 Å². The third-order valence-corrected chi connectivity index (χ3v) is 6.22. The molecule has 0 bridgehead atoms. The molecule has 3 N–H and O–H groups in total. The molecule has 180 valence electrons. The Morgan fingerprint density at radius 1 is 0.645 bits per heavy atom. The topological polar surface area (TPSA) is 112 Å². The Bertz CT molecular complexity index is 519. The number of unbranched alkanes of at least 4 members (excludes halogenated alkanes) is 8. The summed E-state index contributed by atoms with van der Waals surface area (Å²) in [4.78, 5) is 36.3. The molecule has 0 aromatic heterocycles. The van der Waals surface area contributed by atoms with Crippen molar-refractivity contribution in [1.82, 2.24) is 0 Å². The lowest BCUT2D eigenvalue weighted by Crippen LogP contribution is -2.69. The average Bonchev–Trinajstić information content (AvgIpc) is 2.69. The first-order valence-corrected chi connectivity index (χ1v) is 12.0. The molecule has 0 aliphatic rings. The highest BCUT2D eigenvalue weighted by Gasteiger charge is 2.55. The van der Waals surface area contributed by atoms with Crippen molar-refractivity contribution in [2.45, 2.75) is 123 Å². The molecular formula is C24H44NO6+. The van der Waals surface area contributed by atoms with Gasteiger partial charge in [0.15, 0.2) is 18.1 Å². The van der Waals surface area contributed by atoms with Gasteiger partial charge in [-0.3, -0.25) is 4.48 Å². The summed E-state index contributed by atoms with van der Waals surface area (Å²) in [5, 5.41) is 29.7. The predicted octanol–water partition coefficient (Wildman–Crippen LogP) is 5.44. The number of carboxylic acid groups (broad SMARTS) is 3. The lowest BCUT2D eigenvalue weighted by Gasteiger charge is -2.46. The smallest absolute Gasteiger partial charge is 0.362 e. The van der Waals surface area contributed by atoms with Crippen LogP contribution in [0.3, 0.4) is 0 Å². The van der Waals surface area contributed by atoms with Gasteiger partial charge in [-0.15, -0.1) is 0 Å². The molecule has 3 atom stereocenters. The van der Waals surface area contributed by atoms with Crippen molar-refractivity contribution in [3.05, 3.63) is 12.3 Å². The molecule has 0 fully saturated rings. The Morgan fingerprint density at radius 3 is 1.32 bits per heavy atom. The van der Waals surface area contributed by atoms with Crippen LogP contribution in [-0.4, -0.2) is 55.8 Å². The van der Waals surface area contributed by atoms with Crippen LogP contribution in [0.1, 0.15) is 105 Å². The second kappa shape index (κ2) is 15.8. The van der Waals surface area contributed by atoms with Crippen LogP contribution in [0.2, 0.25) is 0 Å². The van der Waals surface area contributed by atoms with Crippen molar-refractivity contribution in [2.75, 3.05) is 0 Å². The number of allylic oxidation sites excluding steroid dienone is 1. The molecule has 3 unspecified atom stereocenters. The van der Waals surface area contributed by atoms with E-state index in [0.717, 1.165) is 19.3 Å². The summed E-state index contributed by atoms with van der Waals surface area (Å²) in [5.74, 6) is -3.50. The Kier molecular flexibility index (Phi) is 14.9. The maximum Gasteiger partial charge on any atom is 0.362 e. The molecule has 0 aliphatic heterocycles. The molecule has 31 heavy (non-hydrogen) atoms. The first-order chi connectivity index (χ1) is 14.7. The summed E-state index contributed by atoms with van der Waals surface area (Å²) in [6, 6.07) is -3.43. The third-order valence-electron chi connectivity index (χ3n) is 6.22. The standard InChI is InChI=1S/C24H43NO6/c1-5-9-10-11-12-13-14-15-16-17-18-25(19(6-2)22(26)27,20(7-3)23(28)29)21(8-4)24(30)31/h17-21H,5-16H2,1-4H3,(H2-,26,27,28,29,30,31)/p+1/b18-17+. The molecule has 0 heterocycles. The van der Waals surface area contributed by atoms with Gasteiger partial charge in [-0.25, -0.2) is 14.4 Å². The van der Waals surface area contributed by atoms with Crippen molar-refractivity contribution < 1.29 is 34.2 Å². The minimum absolute atomic E-state index is 0.144. The number of rotatable bonds is 19. The van der Waals surface area contributed by atoms with Crippen LogP contribution in [0.25, 0.3) is 0 Å². The van der Waals surface area contributed by atoms with Crippen molar-refractivity contribution in [2.24, 2.45) is 0 Å². The van der Waals surface area contributed by atoms with Crippen LogP contribution in [0.15, 0.2) is 12.3 Å². The second-order valence-electron chi connectivity index (χ2n) is 8.33. The molecule has 7 nitrogen and oxygen atoms in total. The molecule has 0 spiro atoms. The maximum atomic E-state index is 12.1. The second-order valence-corrected chi connectivity index (χ2v) is 8.33. The number of hydrogen-bond donors (Lipinski definition) is 3. The van der Waals surface area contributed by atoms with Crippen molar-refractivity contribution in [3.63, 3.8) is 0 Å². The van der Waals surface area contributed by atoms with E-state index < -0.39 is 40.5 Å². The molecule has 0 aliphatic carbocycles. The Hall–Kier alpha value is -1.89. The van der Waals surface area contributed by atoms with Crippen molar-refractivity contribution in [1.29, 1.82) is 0 Å². The number of aliphatic carboxylic acids is 3. The zero-order chi connectivity index (χ0) is 23.9. The number of hydrogen-bond acceptors (Lipinski definition) is 3. The quantitative estimate of drug-likeness (QED) is 0.181. The van der Waals surface area contributed by atoms with E-state index in [1.165, 1.54) is 32.1 Å². The number of nitrogens with zero attached hydrogens (tertiary/aromatic N) is 1. The van der Waals surface area contributed by atoms with Gasteiger partial charge in [0.05, 0.1) is 6.20 Å². The molecule has 0 rings (SSSR count). The Morgan fingerprint density at radius 2 is 1.00 bits per heavy atom. The summed E-state index contributed by atoms with van der Waals surface area (Å²) in [6.07, 6.45) is 13.8. The molecule has 0 saturated heterocycles. The number of carboxylic acids is 3. The monoisotopic (exact) mass is 442 g/mol. The molecule has 0 radical (unpaired) electrons. The fourth-order valence-corrected chi connectivity index (χ4v) is 4.66. The minimum atomic E-state index is -1.17. The van der Waals surface area contributed by atoms with E-state index in [1.807, 2.05) is 0 Å². The van der Waals surface area contributed by atoms with E-state index >= 15 is 0 Å². The van der Waals surface area contributed by atoms with Gasteiger partial charge >= 0.3 is 17.9 Å². The van der Waals surface area contributed by atoms with Gasteiger partial charge in [0.1, 0.15) is 0 Å². The van der Waals surface area contributed by atoms with E-state index in [9.17, 15) is 29.7 Å². The fourth-order valence-electron chi connectivity index (χ4n) is 4.66. The van der Waals surface area contributed by atoms with E-state index in [0.29, 0.717) is 6.42 Å². The summed E-state index contributed by atoms with van der Waals surface area (Å²) in [5.41, 5.74) is 0. The van der Waals surface area contributed by atoms with Crippen molar-refractivity contribution in [3.8, 4) is 0 Å². The number of quaternary nitrogens is 1. The van der Waals surface area contributed by atoms with E-state index in [-0.39, 0.29) is 19.3 Å². The average molecular weight is 443 g/mol. The highest BCUT2D eigenvalue weighted by atomic mass is 16.4. The largest absolute Gasteiger partial charge is 0.477 e. The predicted molar refractivity (Wildman–Crippen MR) is 122 cm³/mol. The van der Waals surface area contributed by atoms with E-state index in [1.54, 1.807) is 33.0 Å². The van der Waals surface area contributed by atoms with Gasteiger partial charge in [-0.2, -0.15) is 0 Å². The summed E-state index contributed by atoms with van der Waals surface area (Å²) in [6.45, 7) is 7.20. The van der Waals surface area contributed by atoms with Crippen LogP contribution < -0.4 is 0 Å². The van der Waals surface area contributed by atoms with E-state index in [4.69, 9.17) is 0 Å². The first-order valence-electron chi connectivity index (χ1n) is 12.0. The van der Waals surface area contributed by atoms with Gasteiger partial charge < -0.3 is 15.3 Å². The lowest BCUT2D eigenvalue weighted by atomic mass is 9.95. The van der Waals surface area contributed by atoms with Crippen LogP contribution in [0.5, 0.6) is 0 Å². The van der Waals surface area contributed by atoms with Crippen LogP contribution >= 0.6 is 0 Å². The minimum Gasteiger partial charge on any atom is -0.477 e. The third kappa shape index (κ3) is 8.63. The summed E-state index contributed by atoms with van der Waals surface area (Å²) in [7, 11) is 0. The molecular weight excluding hydrogens is 398 g/mol. The molecule has 0 aromatic rings. The summed E-state index contributed by atoms with van der Waals surface area (Å²) >= 11 is 0. The highest BCUT2D eigenvalue weighted by molar-refractivity contribution is 5.78. The highest BCUT2D eigenvalue weighted by Crippen LogP contribution is 2.32. The van der Waals surface area contributed by atoms with Crippen LogP contribution in [0.4, 0.5) is 0 Å². The lowest BCUT2D eigenvalue weighted by molar-refractivity contribution is -0.927. The summed E-state index contributed by atoms with van der Waals surface area (Å²) < 4.78 is -0.583. The van der Waals surface area contributed by atoms with Gasteiger partial charge in [0.2, 0.25) is 0 Å². The zero-order valence-electron chi connectivity index (χ0n) is 19.9. The fraction of sp³-hybridized carbons (Fsp3) is 0.792. The molecule has 0 saturated carbocycles. The Labute approximate surface area is 187 Å². The normalized spacial score (nSPS) is 16.5. The molecule has 0 amide bonds. The SMILES string of the molecule is CCCCCCCCCC/C=C/[N+](C(CC)C(=O)O)(C(CC)C(=O)O)C(CC)C(=O)O. The van der Waals surface area contributed by atoms with E-state index in [2.05, 4.69) is 6.92 Å². The van der Waals surface area contributed by atoms with Gasteiger partial charge in [-0.05, 0) is 18.9 Å². The Balaban J connectivity index is 5.64. The van der Waals surface area contributed by atoms with Gasteiger partial charge in [0.25, 0.3) is 0 Å². The maximum absolute atomic E-state index is 12.1. The number of carbonyl (C=O) groups is 3. The molecule has 7 heteroatoms. The first kappa shape index (κ1) is 29.1. The van der Waals surface area contributed by atoms with Crippen LogP contribution in [-0.2, 0) is 14.4 Å².